The fraction of sp³-hybridized carbons (Fsp3) is 0.526. The molecule has 4 rings (SSSR count). The topological polar surface area (TPSA) is 64.1 Å². The number of amides is 1. The van der Waals surface area contributed by atoms with Gasteiger partial charge in [-0.1, -0.05) is 18.6 Å². The lowest BCUT2D eigenvalue weighted by atomic mass is 9.84. The Morgan fingerprint density at radius 1 is 1.29 bits per heavy atom. The van der Waals surface area contributed by atoms with E-state index in [1.54, 1.807) is 0 Å². The van der Waals surface area contributed by atoms with Gasteiger partial charge in [0.05, 0.1) is 10.9 Å². The number of carbonyl (C=O) groups excluding carboxylic acids is 1. The van der Waals surface area contributed by atoms with Crippen LogP contribution >= 0.6 is 0 Å². The van der Waals surface area contributed by atoms with Gasteiger partial charge in [0.15, 0.2) is 6.61 Å². The molecule has 1 amide bonds. The molecule has 1 aromatic heterocycles. The summed E-state index contributed by atoms with van der Waals surface area (Å²) in [6, 6.07) is 7.86. The number of nitrogens with one attached hydrogen (secondary N) is 1. The van der Waals surface area contributed by atoms with Crippen molar-refractivity contribution in [2.45, 2.75) is 38.6 Å². The normalized spacial score (nSPS) is 26.5. The number of nitrogens with zero attached hydrogens (tertiary/aromatic N) is 2. The number of hydrogen-bond acceptors (Lipinski definition) is 4. The van der Waals surface area contributed by atoms with Gasteiger partial charge in [0, 0.05) is 6.04 Å². The van der Waals surface area contributed by atoms with Gasteiger partial charge in [-0.15, -0.1) is 0 Å². The Bertz CT molecular complexity index is 743. The van der Waals surface area contributed by atoms with Crippen LogP contribution < -0.4 is 10.1 Å². The first kappa shape index (κ1) is 15.4. The minimum absolute atomic E-state index is 0.00777. The van der Waals surface area contributed by atoms with Crippen LogP contribution in [0.1, 0.15) is 32.6 Å². The number of ether oxygens (including phenoxy) is 1. The minimum atomic E-state index is -0.0760. The molecule has 1 N–H and O–H groups in total. The van der Waals surface area contributed by atoms with E-state index in [1.807, 2.05) is 24.3 Å². The number of benzene rings is 1. The van der Waals surface area contributed by atoms with Crippen LogP contribution in [0.25, 0.3) is 10.9 Å². The van der Waals surface area contributed by atoms with Crippen LogP contribution in [-0.4, -0.2) is 28.5 Å². The predicted molar refractivity (Wildman–Crippen MR) is 91.6 cm³/mol. The summed E-state index contributed by atoms with van der Waals surface area (Å²) in [7, 11) is 0. The molecule has 4 atom stereocenters. The highest BCUT2D eigenvalue weighted by molar-refractivity contribution is 5.84. The van der Waals surface area contributed by atoms with E-state index in [-0.39, 0.29) is 18.6 Å². The summed E-state index contributed by atoms with van der Waals surface area (Å²) in [6.07, 6.45) is 6.80. The van der Waals surface area contributed by atoms with E-state index < -0.39 is 0 Å². The highest BCUT2D eigenvalue weighted by Gasteiger charge is 2.42. The molecule has 5 heteroatoms. The summed E-state index contributed by atoms with van der Waals surface area (Å²) in [5.74, 6) is 2.71. The van der Waals surface area contributed by atoms with Crippen molar-refractivity contribution >= 4 is 16.8 Å². The van der Waals surface area contributed by atoms with Crippen molar-refractivity contribution in [1.29, 1.82) is 0 Å². The Balaban J connectivity index is 1.34. The molecule has 0 unspecified atom stereocenters. The summed E-state index contributed by atoms with van der Waals surface area (Å²) in [6.45, 7) is 2.12. The zero-order valence-electron chi connectivity index (χ0n) is 13.9. The summed E-state index contributed by atoms with van der Waals surface area (Å²) in [5.41, 5.74) is 0.818. The molecular formula is C19H23N3O2. The van der Waals surface area contributed by atoms with Crippen LogP contribution in [-0.2, 0) is 4.79 Å². The van der Waals surface area contributed by atoms with Gasteiger partial charge in [0.2, 0.25) is 5.88 Å². The molecule has 126 valence electrons. The molecule has 2 saturated carbocycles. The average Bonchev–Trinajstić information content (AvgIpc) is 3.23. The quantitative estimate of drug-likeness (QED) is 0.918. The van der Waals surface area contributed by atoms with Crippen molar-refractivity contribution in [3.8, 4) is 5.88 Å². The number of carbonyl (C=O) groups is 1. The van der Waals surface area contributed by atoms with Crippen molar-refractivity contribution < 1.29 is 9.53 Å². The van der Waals surface area contributed by atoms with Gasteiger partial charge in [-0.2, -0.15) is 0 Å². The van der Waals surface area contributed by atoms with E-state index in [2.05, 4.69) is 22.2 Å². The van der Waals surface area contributed by atoms with E-state index in [1.165, 1.54) is 32.0 Å². The lowest BCUT2D eigenvalue weighted by Gasteiger charge is -2.28. The maximum Gasteiger partial charge on any atom is 0.258 e. The molecule has 2 fully saturated rings. The molecule has 2 aromatic rings. The SMILES string of the molecule is C[C@H](NC(=O)COc1ncnc2ccccc12)[C@H]1C[C@H]2CC[C@H]1C2. The molecule has 1 aromatic carbocycles. The third-order valence-electron chi connectivity index (χ3n) is 5.67. The smallest absolute Gasteiger partial charge is 0.258 e. The molecule has 0 saturated heterocycles. The Morgan fingerprint density at radius 3 is 2.96 bits per heavy atom. The van der Waals surface area contributed by atoms with Crippen LogP contribution in [0, 0.1) is 17.8 Å². The molecule has 2 aliphatic carbocycles. The lowest BCUT2D eigenvalue weighted by molar-refractivity contribution is -0.124. The van der Waals surface area contributed by atoms with Gasteiger partial charge < -0.3 is 10.1 Å². The molecule has 0 spiro atoms. The summed E-state index contributed by atoms with van der Waals surface area (Å²) >= 11 is 0. The first-order chi connectivity index (χ1) is 11.7. The average molecular weight is 325 g/mol. The number of para-hydroxylation sites is 1. The zero-order chi connectivity index (χ0) is 16.5. The van der Waals surface area contributed by atoms with Crippen LogP contribution in [0.15, 0.2) is 30.6 Å². The molecule has 24 heavy (non-hydrogen) atoms. The summed E-state index contributed by atoms with van der Waals surface area (Å²) in [4.78, 5) is 20.6. The first-order valence-electron chi connectivity index (χ1n) is 8.82. The van der Waals surface area contributed by atoms with Crippen molar-refractivity contribution in [2.75, 3.05) is 6.61 Å². The first-order valence-corrected chi connectivity index (χ1v) is 8.82. The van der Waals surface area contributed by atoms with Gasteiger partial charge >= 0.3 is 0 Å². The van der Waals surface area contributed by atoms with E-state index in [4.69, 9.17) is 4.74 Å². The van der Waals surface area contributed by atoms with E-state index in [9.17, 15) is 4.79 Å². The minimum Gasteiger partial charge on any atom is -0.467 e. The van der Waals surface area contributed by atoms with Crippen LogP contribution in [0.5, 0.6) is 5.88 Å². The maximum atomic E-state index is 12.2. The number of rotatable bonds is 5. The third kappa shape index (κ3) is 2.95. The molecular weight excluding hydrogens is 302 g/mol. The maximum absolute atomic E-state index is 12.2. The second kappa shape index (κ2) is 6.38. The van der Waals surface area contributed by atoms with Gasteiger partial charge in [-0.25, -0.2) is 9.97 Å². The second-order valence-electron chi connectivity index (χ2n) is 7.18. The number of aromatic nitrogens is 2. The Hall–Kier alpha value is -2.17. The van der Waals surface area contributed by atoms with Gasteiger partial charge in [-0.3, -0.25) is 4.79 Å². The molecule has 5 nitrogen and oxygen atoms in total. The van der Waals surface area contributed by atoms with Gasteiger partial charge in [0.1, 0.15) is 6.33 Å². The number of fused-ring (bicyclic) bond motifs is 3. The van der Waals surface area contributed by atoms with Crippen molar-refractivity contribution in [2.24, 2.45) is 17.8 Å². The highest BCUT2D eigenvalue weighted by Crippen LogP contribution is 2.49. The van der Waals surface area contributed by atoms with Gasteiger partial charge in [0.25, 0.3) is 5.91 Å². The van der Waals surface area contributed by atoms with Crippen LogP contribution in [0.2, 0.25) is 0 Å². The number of hydrogen-bond donors (Lipinski definition) is 1. The van der Waals surface area contributed by atoms with Crippen molar-refractivity contribution in [1.82, 2.24) is 15.3 Å². The van der Waals surface area contributed by atoms with Crippen molar-refractivity contribution in [3.63, 3.8) is 0 Å². The Labute approximate surface area is 141 Å². The van der Waals surface area contributed by atoms with E-state index in [0.29, 0.717) is 11.8 Å². The molecule has 2 aliphatic rings. The lowest BCUT2D eigenvalue weighted by Crippen LogP contribution is -2.42. The van der Waals surface area contributed by atoms with E-state index in [0.717, 1.165) is 22.7 Å². The molecule has 1 heterocycles. The molecule has 2 bridgehead atoms. The highest BCUT2D eigenvalue weighted by atomic mass is 16.5. The fourth-order valence-corrected chi connectivity index (χ4v) is 4.54. The second-order valence-corrected chi connectivity index (χ2v) is 7.18. The Morgan fingerprint density at radius 2 is 2.17 bits per heavy atom. The van der Waals surface area contributed by atoms with Crippen LogP contribution in [0.3, 0.4) is 0 Å². The Kier molecular flexibility index (Phi) is 4.08. The standard InChI is InChI=1S/C19H23N3O2/c1-12(16-9-13-6-7-14(16)8-13)22-18(23)10-24-19-15-4-2-3-5-17(15)20-11-21-19/h2-5,11-14,16H,6-10H2,1H3,(H,22,23)/t12-,13-,14-,16+/m0/s1. The fourth-order valence-electron chi connectivity index (χ4n) is 4.54. The predicted octanol–water partition coefficient (Wildman–Crippen LogP) is 2.95. The summed E-state index contributed by atoms with van der Waals surface area (Å²) < 4.78 is 5.64. The van der Waals surface area contributed by atoms with Crippen LogP contribution in [0.4, 0.5) is 0 Å². The molecule has 0 aliphatic heterocycles. The monoisotopic (exact) mass is 325 g/mol. The molecule has 0 radical (unpaired) electrons. The zero-order valence-corrected chi connectivity index (χ0v) is 13.9. The largest absolute Gasteiger partial charge is 0.467 e. The van der Waals surface area contributed by atoms with E-state index >= 15 is 0 Å². The van der Waals surface area contributed by atoms with Crippen molar-refractivity contribution in [3.05, 3.63) is 30.6 Å². The summed E-state index contributed by atoms with van der Waals surface area (Å²) in [5, 5.41) is 3.95. The van der Waals surface area contributed by atoms with Gasteiger partial charge in [-0.05, 0) is 56.1 Å². The third-order valence-corrected chi connectivity index (χ3v) is 5.67.